The molecule has 2 aromatic carbocycles. The van der Waals surface area contributed by atoms with Gasteiger partial charge in [-0.15, -0.1) is 0 Å². The molecule has 0 radical (unpaired) electrons. The van der Waals surface area contributed by atoms with E-state index < -0.39 is 21.7 Å². The number of benzene rings is 2. The zero-order valence-corrected chi connectivity index (χ0v) is 16.4. The predicted octanol–water partition coefficient (Wildman–Crippen LogP) is 3.22. The Morgan fingerprint density at radius 3 is 2.30 bits per heavy atom. The van der Waals surface area contributed by atoms with Gasteiger partial charge in [-0.3, -0.25) is 29.8 Å². The highest BCUT2D eigenvalue weighted by molar-refractivity contribution is 6.32. The molecule has 11 nitrogen and oxygen atoms in total. The molecule has 0 aliphatic carbocycles. The third kappa shape index (κ3) is 6.63. The number of amides is 2. The van der Waals surface area contributed by atoms with Crippen LogP contribution in [0, 0.1) is 20.2 Å². The zero-order valence-electron chi connectivity index (χ0n) is 15.6. The van der Waals surface area contributed by atoms with Crippen molar-refractivity contribution in [2.45, 2.75) is 19.8 Å². The van der Waals surface area contributed by atoms with E-state index in [-0.39, 0.29) is 34.9 Å². The van der Waals surface area contributed by atoms with Crippen molar-refractivity contribution in [3.63, 3.8) is 0 Å². The number of hydrogen-bond acceptors (Lipinski definition) is 7. The van der Waals surface area contributed by atoms with E-state index in [0.29, 0.717) is 11.3 Å². The first-order valence-corrected chi connectivity index (χ1v) is 8.82. The standard InChI is InChI=1S/C18H16ClN5O6/c1-11(8-17(25)20-13-4-7-15(19)16(10-13)24(29)30)21-22-18(26)9-12-2-5-14(6-3-12)23(27)28/h2-7,10H,8-9H2,1H3,(H,20,25)(H,22,26)/b21-11-. The predicted molar refractivity (Wildman–Crippen MR) is 109 cm³/mol. The molecule has 0 unspecified atom stereocenters. The normalized spacial score (nSPS) is 10.9. The van der Waals surface area contributed by atoms with Crippen LogP contribution in [-0.2, 0) is 16.0 Å². The van der Waals surface area contributed by atoms with E-state index in [1.807, 2.05) is 0 Å². The maximum atomic E-state index is 12.0. The van der Waals surface area contributed by atoms with Gasteiger partial charge in [-0.2, -0.15) is 5.10 Å². The monoisotopic (exact) mass is 433 g/mol. The number of hydrazone groups is 1. The second-order valence-corrected chi connectivity index (χ2v) is 6.54. The maximum absolute atomic E-state index is 12.0. The fourth-order valence-corrected chi connectivity index (χ4v) is 2.51. The first-order valence-electron chi connectivity index (χ1n) is 8.45. The van der Waals surface area contributed by atoms with Gasteiger partial charge in [0.05, 0.1) is 22.7 Å². The lowest BCUT2D eigenvalue weighted by Crippen LogP contribution is -2.22. The third-order valence-electron chi connectivity index (χ3n) is 3.73. The molecule has 2 aromatic rings. The Kier molecular flexibility index (Phi) is 7.53. The van der Waals surface area contributed by atoms with E-state index in [4.69, 9.17) is 11.6 Å². The summed E-state index contributed by atoms with van der Waals surface area (Å²) in [4.78, 5) is 44.3. The van der Waals surface area contributed by atoms with E-state index in [1.165, 1.54) is 43.3 Å². The molecule has 30 heavy (non-hydrogen) atoms. The molecule has 0 aromatic heterocycles. The van der Waals surface area contributed by atoms with Crippen molar-refractivity contribution in [1.82, 2.24) is 5.43 Å². The number of carbonyl (C=O) groups is 2. The summed E-state index contributed by atoms with van der Waals surface area (Å²) in [6, 6.07) is 9.38. The van der Waals surface area contributed by atoms with Gasteiger partial charge in [0.2, 0.25) is 11.8 Å². The van der Waals surface area contributed by atoms with Crippen LogP contribution in [0.1, 0.15) is 18.9 Å². The van der Waals surface area contributed by atoms with E-state index in [1.54, 1.807) is 0 Å². The molecule has 2 N–H and O–H groups in total. The summed E-state index contributed by atoms with van der Waals surface area (Å²) in [5, 5.41) is 27.8. The van der Waals surface area contributed by atoms with E-state index in [0.717, 1.165) is 6.07 Å². The summed E-state index contributed by atoms with van der Waals surface area (Å²) in [5.41, 5.74) is 2.95. The molecule has 156 valence electrons. The molecule has 2 rings (SSSR count). The highest BCUT2D eigenvalue weighted by atomic mass is 35.5. The number of rotatable bonds is 8. The Hall–Kier alpha value is -3.86. The Labute approximate surface area is 175 Å². The van der Waals surface area contributed by atoms with Gasteiger partial charge in [0, 0.05) is 29.6 Å². The second-order valence-electron chi connectivity index (χ2n) is 6.13. The van der Waals surface area contributed by atoms with E-state index in [9.17, 15) is 29.8 Å². The van der Waals surface area contributed by atoms with Crippen LogP contribution >= 0.6 is 11.6 Å². The summed E-state index contributed by atoms with van der Waals surface area (Å²) in [6.07, 6.45) is -0.205. The number of hydrogen-bond donors (Lipinski definition) is 2. The molecule has 0 bridgehead atoms. The first-order chi connectivity index (χ1) is 14.2. The van der Waals surface area contributed by atoms with Gasteiger partial charge in [0.1, 0.15) is 5.02 Å². The van der Waals surface area contributed by atoms with Crippen molar-refractivity contribution in [2.75, 3.05) is 5.32 Å². The Bertz CT molecular complexity index is 1020. The molecule has 12 heteroatoms. The van der Waals surface area contributed by atoms with Crippen molar-refractivity contribution >= 4 is 46.2 Å². The van der Waals surface area contributed by atoms with Gasteiger partial charge < -0.3 is 5.32 Å². The van der Waals surface area contributed by atoms with Crippen LogP contribution < -0.4 is 10.7 Å². The van der Waals surface area contributed by atoms with Crippen LogP contribution in [0.5, 0.6) is 0 Å². The van der Waals surface area contributed by atoms with Gasteiger partial charge in [-0.05, 0) is 24.6 Å². The van der Waals surface area contributed by atoms with Gasteiger partial charge in [-0.25, -0.2) is 5.43 Å². The highest BCUT2D eigenvalue weighted by Gasteiger charge is 2.14. The minimum atomic E-state index is -0.662. The smallest absolute Gasteiger partial charge is 0.289 e. The largest absolute Gasteiger partial charge is 0.326 e. The van der Waals surface area contributed by atoms with Crippen molar-refractivity contribution < 1.29 is 19.4 Å². The summed E-state index contributed by atoms with van der Waals surface area (Å²) >= 11 is 5.72. The lowest BCUT2D eigenvalue weighted by atomic mass is 10.1. The van der Waals surface area contributed by atoms with Crippen LogP contribution in [0.2, 0.25) is 5.02 Å². The van der Waals surface area contributed by atoms with Crippen molar-refractivity contribution in [3.8, 4) is 0 Å². The quantitative estimate of drug-likeness (QED) is 0.369. The van der Waals surface area contributed by atoms with Crippen LogP contribution in [-0.4, -0.2) is 27.4 Å². The second kappa shape index (κ2) is 10.1. The fraction of sp³-hybridized carbons (Fsp3) is 0.167. The van der Waals surface area contributed by atoms with Crippen LogP contribution in [0.4, 0.5) is 17.1 Å². The molecule has 0 fully saturated rings. The van der Waals surface area contributed by atoms with Gasteiger partial charge >= 0.3 is 0 Å². The van der Waals surface area contributed by atoms with Gasteiger partial charge in [0.15, 0.2) is 0 Å². The molecule has 0 aliphatic rings. The number of halogens is 1. The topological polar surface area (TPSA) is 157 Å². The number of nitro benzene ring substituents is 2. The Balaban J connectivity index is 1.87. The van der Waals surface area contributed by atoms with E-state index >= 15 is 0 Å². The maximum Gasteiger partial charge on any atom is 0.289 e. The molecular formula is C18H16ClN5O6. The lowest BCUT2D eigenvalue weighted by molar-refractivity contribution is -0.385. The number of carbonyl (C=O) groups excluding carboxylic acids is 2. The van der Waals surface area contributed by atoms with E-state index in [2.05, 4.69) is 15.8 Å². The number of non-ortho nitro benzene ring substituents is 1. The van der Waals surface area contributed by atoms with Gasteiger partial charge in [0.25, 0.3) is 11.4 Å². The number of nitro groups is 2. The average Bonchev–Trinajstić information content (AvgIpc) is 2.68. The van der Waals surface area contributed by atoms with Gasteiger partial charge in [-0.1, -0.05) is 23.7 Å². The number of nitrogens with one attached hydrogen (secondary N) is 2. The molecule has 0 spiro atoms. The molecule has 0 saturated carbocycles. The molecule has 2 amide bonds. The van der Waals surface area contributed by atoms with Crippen molar-refractivity contribution in [2.24, 2.45) is 5.10 Å². The minimum Gasteiger partial charge on any atom is -0.326 e. The van der Waals surface area contributed by atoms with Crippen LogP contribution in [0.15, 0.2) is 47.6 Å². The molecule has 0 heterocycles. The van der Waals surface area contributed by atoms with Crippen molar-refractivity contribution in [3.05, 3.63) is 73.3 Å². The molecule has 0 saturated heterocycles. The molecule has 0 aliphatic heterocycles. The third-order valence-corrected chi connectivity index (χ3v) is 4.05. The number of nitrogens with zero attached hydrogens (tertiary/aromatic N) is 3. The average molecular weight is 434 g/mol. The molecule has 0 atom stereocenters. The summed E-state index contributed by atoms with van der Waals surface area (Å²) in [6.45, 7) is 1.52. The fourth-order valence-electron chi connectivity index (χ4n) is 2.33. The van der Waals surface area contributed by atoms with Crippen molar-refractivity contribution in [1.29, 1.82) is 0 Å². The lowest BCUT2D eigenvalue weighted by Gasteiger charge is -2.06. The minimum absolute atomic E-state index is 0.0462. The highest BCUT2D eigenvalue weighted by Crippen LogP contribution is 2.27. The summed E-state index contributed by atoms with van der Waals surface area (Å²) in [5.74, 6) is -0.950. The Morgan fingerprint density at radius 2 is 1.70 bits per heavy atom. The molecular weight excluding hydrogens is 418 g/mol. The zero-order chi connectivity index (χ0) is 22.3. The number of anilines is 1. The van der Waals surface area contributed by atoms with Crippen LogP contribution in [0.25, 0.3) is 0 Å². The van der Waals surface area contributed by atoms with Crippen LogP contribution in [0.3, 0.4) is 0 Å². The SMILES string of the molecule is C/C(CC(=O)Nc1ccc(Cl)c([N+](=O)[O-])c1)=N/NC(=O)Cc1ccc([N+](=O)[O-])cc1. The Morgan fingerprint density at radius 1 is 1.03 bits per heavy atom. The summed E-state index contributed by atoms with van der Waals surface area (Å²) < 4.78 is 0. The first kappa shape index (κ1) is 22.4. The summed E-state index contributed by atoms with van der Waals surface area (Å²) in [7, 11) is 0.